The molecule has 0 saturated carbocycles. The average molecular weight is 281 g/mol. The molecule has 1 heterocycles. The third kappa shape index (κ3) is 4.92. The van der Waals surface area contributed by atoms with Gasteiger partial charge in [-0.2, -0.15) is 0 Å². The Kier molecular flexibility index (Phi) is 5.45. The summed E-state index contributed by atoms with van der Waals surface area (Å²) in [4.78, 5) is 37.3. The van der Waals surface area contributed by atoms with Gasteiger partial charge >= 0.3 is 12.0 Å². The van der Waals surface area contributed by atoms with Crippen molar-refractivity contribution in [2.24, 2.45) is 0 Å². The lowest BCUT2D eigenvalue weighted by atomic mass is 10.2. The van der Waals surface area contributed by atoms with Gasteiger partial charge in [0.25, 0.3) is 5.91 Å². The molecule has 0 aliphatic rings. The van der Waals surface area contributed by atoms with E-state index >= 15 is 0 Å². The average Bonchev–Trinajstić information content (AvgIpc) is 2.35. The van der Waals surface area contributed by atoms with Crippen LogP contribution in [0.25, 0.3) is 0 Å². The highest BCUT2D eigenvalue weighted by atomic mass is 16.5. The highest BCUT2D eigenvalue weighted by Crippen LogP contribution is 2.15. The number of hydrogen-bond acceptors (Lipinski definition) is 5. The highest BCUT2D eigenvalue weighted by molar-refractivity contribution is 5.95. The number of aromatic carboxylic acids is 1. The van der Waals surface area contributed by atoms with Crippen molar-refractivity contribution in [1.82, 2.24) is 15.6 Å². The van der Waals surface area contributed by atoms with Crippen LogP contribution in [0.4, 0.5) is 4.79 Å². The van der Waals surface area contributed by atoms with E-state index in [1.807, 2.05) is 5.32 Å². The van der Waals surface area contributed by atoms with Crippen LogP contribution in [0.15, 0.2) is 18.5 Å². The minimum atomic E-state index is -1.19. The minimum absolute atomic E-state index is 0.0422. The fourth-order valence-electron chi connectivity index (χ4n) is 1.28. The SMILES string of the molecule is CC(C)NC(=O)NC(=O)COc1cnccc1C(=O)O. The van der Waals surface area contributed by atoms with E-state index in [0.29, 0.717) is 0 Å². The van der Waals surface area contributed by atoms with E-state index in [9.17, 15) is 14.4 Å². The lowest BCUT2D eigenvalue weighted by molar-refractivity contribution is -0.122. The first-order valence-electron chi connectivity index (χ1n) is 5.80. The molecular formula is C12H15N3O5. The Morgan fingerprint density at radius 1 is 1.40 bits per heavy atom. The zero-order valence-electron chi connectivity index (χ0n) is 11.0. The third-order valence-corrected chi connectivity index (χ3v) is 2.05. The number of nitrogens with zero attached hydrogens (tertiary/aromatic N) is 1. The topological polar surface area (TPSA) is 118 Å². The van der Waals surface area contributed by atoms with E-state index in [0.717, 1.165) is 0 Å². The van der Waals surface area contributed by atoms with Gasteiger partial charge < -0.3 is 15.2 Å². The maximum absolute atomic E-state index is 11.4. The summed E-state index contributed by atoms with van der Waals surface area (Å²) in [5.74, 6) is -1.93. The number of pyridine rings is 1. The zero-order valence-corrected chi connectivity index (χ0v) is 11.0. The number of urea groups is 1. The molecule has 0 aliphatic carbocycles. The van der Waals surface area contributed by atoms with Gasteiger partial charge in [0.2, 0.25) is 0 Å². The van der Waals surface area contributed by atoms with Gasteiger partial charge in [0.1, 0.15) is 5.56 Å². The van der Waals surface area contributed by atoms with Crippen LogP contribution in [0.5, 0.6) is 5.75 Å². The van der Waals surface area contributed by atoms with Crippen LogP contribution in [0.2, 0.25) is 0 Å². The van der Waals surface area contributed by atoms with Gasteiger partial charge in [0.15, 0.2) is 12.4 Å². The Morgan fingerprint density at radius 3 is 2.70 bits per heavy atom. The number of carboxylic acid groups (broad SMARTS) is 1. The number of carbonyl (C=O) groups is 3. The van der Waals surface area contributed by atoms with Gasteiger partial charge in [-0.05, 0) is 19.9 Å². The van der Waals surface area contributed by atoms with Crippen LogP contribution in [-0.4, -0.2) is 40.6 Å². The lowest BCUT2D eigenvalue weighted by Gasteiger charge is -2.10. The van der Waals surface area contributed by atoms with Crippen molar-refractivity contribution in [2.45, 2.75) is 19.9 Å². The quantitative estimate of drug-likeness (QED) is 0.718. The Balaban J connectivity index is 2.53. The molecule has 1 aromatic heterocycles. The van der Waals surface area contributed by atoms with Gasteiger partial charge in [-0.15, -0.1) is 0 Å². The second-order valence-corrected chi connectivity index (χ2v) is 4.14. The maximum atomic E-state index is 11.4. The van der Waals surface area contributed by atoms with Crippen molar-refractivity contribution in [3.8, 4) is 5.75 Å². The number of amides is 3. The van der Waals surface area contributed by atoms with E-state index in [4.69, 9.17) is 9.84 Å². The van der Waals surface area contributed by atoms with Gasteiger partial charge in [-0.1, -0.05) is 0 Å². The summed E-state index contributed by atoms with van der Waals surface area (Å²) in [5, 5.41) is 13.4. The van der Waals surface area contributed by atoms with Crippen LogP contribution >= 0.6 is 0 Å². The number of aromatic nitrogens is 1. The first kappa shape index (κ1) is 15.4. The van der Waals surface area contributed by atoms with Gasteiger partial charge in [-0.3, -0.25) is 15.1 Å². The van der Waals surface area contributed by atoms with E-state index < -0.39 is 24.5 Å². The zero-order chi connectivity index (χ0) is 15.1. The molecule has 8 heteroatoms. The summed E-state index contributed by atoms with van der Waals surface area (Å²) < 4.78 is 5.03. The molecule has 0 saturated heterocycles. The summed E-state index contributed by atoms with van der Waals surface area (Å²) in [7, 11) is 0. The lowest BCUT2D eigenvalue weighted by Crippen LogP contribution is -2.44. The molecule has 0 aromatic carbocycles. The fraction of sp³-hybridized carbons (Fsp3) is 0.333. The van der Waals surface area contributed by atoms with Crippen molar-refractivity contribution in [3.05, 3.63) is 24.0 Å². The van der Waals surface area contributed by atoms with Crippen LogP contribution in [0.1, 0.15) is 24.2 Å². The van der Waals surface area contributed by atoms with Crippen molar-refractivity contribution >= 4 is 17.9 Å². The van der Waals surface area contributed by atoms with E-state index in [-0.39, 0.29) is 17.4 Å². The summed E-state index contributed by atoms with van der Waals surface area (Å²) in [6.45, 7) is 3.00. The Bertz CT molecular complexity index is 516. The number of imide groups is 1. The Hall–Kier alpha value is -2.64. The number of carboxylic acids is 1. The third-order valence-electron chi connectivity index (χ3n) is 2.05. The van der Waals surface area contributed by atoms with Crippen LogP contribution in [-0.2, 0) is 4.79 Å². The summed E-state index contributed by atoms with van der Waals surface area (Å²) in [6, 6.07) is 0.500. The first-order valence-corrected chi connectivity index (χ1v) is 5.80. The molecule has 3 N–H and O–H groups in total. The molecule has 108 valence electrons. The van der Waals surface area contributed by atoms with Crippen molar-refractivity contribution in [1.29, 1.82) is 0 Å². The summed E-state index contributed by atoms with van der Waals surface area (Å²) >= 11 is 0. The first-order chi connectivity index (χ1) is 9.40. The van der Waals surface area contributed by atoms with Gasteiger partial charge in [0, 0.05) is 12.2 Å². The van der Waals surface area contributed by atoms with Crippen LogP contribution in [0.3, 0.4) is 0 Å². The molecule has 0 bridgehead atoms. The van der Waals surface area contributed by atoms with E-state index in [1.165, 1.54) is 18.5 Å². The van der Waals surface area contributed by atoms with Crippen molar-refractivity contribution in [2.75, 3.05) is 6.61 Å². The maximum Gasteiger partial charge on any atom is 0.339 e. The monoisotopic (exact) mass is 281 g/mol. The molecule has 0 spiro atoms. The fourth-order valence-corrected chi connectivity index (χ4v) is 1.28. The second kappa shape index (κ2) is 7.07. The minimum Gasteiger partial charge on any atom is -0.481 e. The van der Waals surface area contributed by atoms with E-state index in [1.54, 1.807) is 13.8 Å². The number of hydrogen-bond donors (Lipinski definition) is 3. The van der Waals surface area contributed by atoms with Crippen LogP contribution < -0.4 is 15.4 Å². The normalized spacial score (nSPS) is 9.95. The van der Waals surface area contributed by atoms with Gasteiger partial charge in [-0.25, -0.2) is 9.59 Å². The smallest absolute Gasteiger partial charge is 0.339 e. The molecule has 1 aromatic rings. The molecule has 0 fully saturated rings. The molecular weight excluding hydrogens is 266 g/mol. The Labute approximate surface area is 115 Å². The summed E-state index contributed by atoms with van der Waals surface area (Å²) in [5.41, 5.74) is -0.112. The molecule has 8 nitrogen and oxygen atoms in total. The molecule has 1 rings (SSSR count). The predicted octanol–water partition coefficient (Wildman–Crippen LogP) is 0.393. The number of rotatable bonds is 5. The molecule has 0 unspecified atom stereocenters. The molecule has 20 heavy (non-hydrogen) atoms. The molecule has 0 atom stereocenters. The predicted molar refractivity (Wildman–Crippen MR) is 68.5 cm³/mol. The second-order valence-electron chi connectivity index (χ2n) is 4.14. The molecule has 0 radical (unpaired) electrons. The number of carbonyl (C=O) groups excluding carboxylic acids is 2. The largest absolute Gasteiger partial charge is 0.481 e. The van der Waals surface area contributed by atoms with Crippen molar-refractivity contribution in [3.63, 3.8) is 0 Å². The number of ether oxygens (including phenoxy) is 1. The van der Waals surface area contributed by atoms with Gasteiger partial charge in [0.05, 0.1) is 6.20 Å². The number of nitrogens with one attached hydrogen (secondary N) is 2. The van der Waals surface area contributed by atoms with E-state index in [2.05, 4.69) is 10.3 Å². The Morgan fingerprint density at radius 2 is 2.10 bits per heavy atom. The molecule has 3 amide bonds. The van der Waals surface area contributed by atoms with Crippen LogP contribution in [0, 0.1) is 0 Å². The summed E-state index contributed by atoms with van der Waals surface area (Å²) in [6.07, 6.45) is 2.48. The molecule has 0 aliphatic heterocycles. The highest BCUT2D eigenvalue weighted by Gasteiger charge is 2.13. The van der Waals surface area contributed by atoms with Crippen molar-refractivity contribution < 1.29 is 24.2 Å². The standard InChI is InChI=1S/C12H15N3O5/c1-7(2)14-12(19)15-10(16)6-20-9-5-13-4-3-8(9)11(17)18/h3-5,7H,6H2,1-2H3,(H,17,18)(H2,14,15,16,19).